The number of sulfone groups is 1. The number of para-hydroxylation sites is 1. The molecule has 4 heterocycles. The summed E-state index contributed by atoms with van der Waals surface area (Å²) in [5, 5.41) is 2.14. The highest BCUT2D eigenvalue weighted by atomic mass is 32.2. The van der Waals surface area contributed by atoms with Gasteiger partial charge in [0.05, 0.1) is 11.5 Å². The van der Waals surface area contributed by atoms with Gasteiger partial charge in [0.1, 0.15) is 11.2 Å². The van der Waals surface area contributed by atoms with E-state index in [1.54, 1.807) is 12.4 Å². The molecule has 1 aliphatic heterocycles. The van der Waals surface area contributed by atoms with Gasteiger partial charge < -0.3 is 4.42 Å². The number of hydrogen-bond acceptors (Lipinski definition) is 5. The van der Waals surface area contributed by atoms with E-state index in [0.29, 0.717) is 0 Å². The van der Waals surface area contributed by atoms with Crippen LogP contribution in [-0.4, -0.2) is 18.4 Å². The first-order valence-electron chi connectivity index (χ1n) is 15.8. The zero-order valence-electron chi connectivity index (χ0n) is 25.8. The molecule has 6 heteroatoms. The summed E-state index contributed by atoms with van der Waals surface area (Å²) in [6.45, 7) is 0. The molecular weight excluding hydrogens is 613 g/mol. The molecule has 0 aliphatic carbocycles. The minimum atomic E-state index is -3.39. The average molecular weight is 641 g/mol. The molecule has 0 atom stereocenters. The van der Waals surface area contributed by atoms with E-state index in [9.17, 15) is 8.42 Å². The smallest absolute Gasteiger partial charge is 0.158 e. The van der Waals surface area contributed by atoms with Crippen molar-refractivity contribution in [2.24, 2.45) is 0 Å². The quantitative estimate of drug-likeness (QED) is 0.191. The van der Waals surface area contributed by atoms with Crippen molar-refractivity contribution in [3.63, 3.8) is 0 Å². The summed E-state index contributed by atoms with van der Waals surface area (Å²) in [5.41, 5.74) is 13.3. The van der Waals surface area contributed by atoms with Crippen molar-refractivity contribution in [2.75, 3.05) is 0 Å². The number of furan rings is 1. The highest BCUT2D eigenvalue weighted by Gasteiger charge is 2.25. The molecule has 48 heavy (non-hydrogen) atoms. The summed E-state index contributed by atoms with van der Waals surface area (Å²) < 4.78 is 33.1. The lowest BCUT2D eigenvalue weighted by atomic mass is 9.89. The molecule has 0 fully saturated rings. The first-order chi connectivity index (χ1) is 23.5. The maximum absolute atomic E-state index is 13.4. The number of benzene rings is 5. The Labute approximate surface area is 278 Å². The molecule has 1 aliphatic rings. The van der Waals surface area contributed by atoms with Crippen LogP contribution in [-0.2, 0) is 21.3 Å². The fourth-order valence-electron chi connectivity index (χ4n) is 6.91. The van der Waals surface area contributed by atoms with Crippen LogP contribution < -0.4 is 0 Å². The second-order valence-corrected chi connectivity index (χ2v) is 14.4. The molecule has 0 saturated heterocycles. The van der Waals surface area contributed by atoms with Crippen LogP contribution in [0.2, 0.25) is 0 Å². The van der Waals surface area contributed by atoms with Gasteiger partial charge in [-0.1, -0.05) is 60.7 Å². The summed E-state index contributed by atoms with van der Waals surface area (Å²) in [7, 11) is -3.39. The minimum Gasteiger partial charge on any atom is -0.456 e. The molecule has 8 aromatic rings. The van der Waals surface area contributed by atoms with E-state index >= 15 is 0 Å². The lowest BCUT2D eigenvalue weighted by Gasteiger charge is -2.15. The van der Waals surface area contributed by atoms with Gasteiger partial charge in [0.2, 0.25) is 0 Å². The van der Waals surface area contributed by atoms with Gasteiger partial charge in [0.15, 0.2) is 9.84 Å². The Bertz CT molecular complexity index is 2570. The Morgan fingerprint density at radius 2 is 1.06 bits per heavy atom. The number of rotatable bonds is 4. The number of nitrogens with zero attached hydrogens (tertiary/aromatic N) is 2. The van der Waals surface area contributed by atoms with E-state index in [0.717, 1.165) is 88.7 Å². The average Bonchev–Trinajstić information content (AvgIpc) is 3.44. The zero-order chi connectivity index (χ0) is 32.2. The Hall–Kier alpha value is -5.85. The van der Waals surface area contributed by atoms with Crippen LogP contribution in [0.5, 0.6) is 0 Å². The third kappa shape index (κ3) is 5.07. The van der Waals surface area contributed by atoms with Crippen molar-refractivity contribution >= 4 is 31.8 Å². The third-order valence-electron chi connectivity index (χ3n) is 9.22. The lowest BCUT2D eigenvalue weighted by molar-refractivity contribution is 0.595. The molecular formula is C42H28N2O3S. The largest absolute Gasteiger partial charge is 0.456 e. The van der Waals surface area contributed by atoms with Crippen LogP contribution in [0.3, 0.4) is 0 Å². The second kappa shape index (κ2) is 11.1. The zero-order valence-corrected chi connectivity index (χ0v) is 26.6. The van der Waals surface area contributed by atoms with Gasteiger partial charge in [-0.25, -0.2) is 8.42 Å². The van der Waals surface area contributed by atoms with E-state index < -0.39 is 9.84 Å². The van der Waals surface area contributed by atoms with Gasteiger partial charge in [-0.05, 0) is 116 Å². The third-order valence-corrected chi connectivity index (χ3v) is 10.7. The maximum atomic E-state index is 13.4. The van der Waals surface area contributed by atoms with Gasteiger partial charge >= 0.3 is 0 Å². The van der Waals surface area contributed by atoms with E-state index in [1.807, 2.05) is 67.0 Å². The van der Waals surface area contributed by atoms with Crippen molar-refractivity contribution < 1.29 is 12.8 Å². The first-order valence-corrected chi connectivity index (χ1v) is 17.6. The second-order valence-electron chi connectivity index (χ2n) is 12.4. The van der Waals surface area contributed by atoms with Gasteiger partial charge in [0, 0.05) is 46.7 Å². The van der Waals surface area contributed by atoms with Crippen LogP contribution in [0.15, 0.2) is 151 Å². The van der Waals surface area contributed by atoms with Crippen LogP contribution in [0.1, 0.15) is 11.1 Å². The minimum absolute atomic E-state index is 0.00572. The molecule has 9 rings (SSSR count). The summed E-state index contributed by atoms with van der Waals surface area (Å²) in [4.78, 5) is 8.70. The van der Waals surface area contributed by atoms with E-state index in [4.69, 9.17) is 4.42 Å². The predicted molar refractivity (Wildman–Crippen MR) is 193 cm³/mol. The summed E-state index contributed by atoms with van der Waals surface area (Å²) in [6.07, 6.45) is 7.29. The van der Waals surface area contributed by atoms with Crippen LogP contribution in [0.25, 0.3) is 77.6 Å². The Kier molecular flexibility index (Phi) is 6.59. The summed E-state index contributed by atoms with van der Waals surface area (Å²) >= 11 is 0. The number of aromatic nitrogens is 2. The first kappa shape index (κ1) is 28.4. The van der Waals surface area contributed by atoms with Gasteiger partial charge in [0.25, 0.3) is 0 Å². The molecule has 0 saturated carbocycles. The Balaban J connectivity index is 1.17. The van der Waals surface area contributed by atoms with Crippen LogP contribution in [0.4, 0.5) is 0 Å². The number of fused-ring (bicyclic) bond motifs is 6. The Morgan fingerprint density at radius 3 is 1.79 bits per heavy atom. The fourth-order valence-corrected chi connectivity index (χ4v) is 8.45. The number of hydrogen-bond donors (Lipinski definition) is 0. The van der Waals surface area contributed by atoms with Crippen molar-refractivity contribution in [1.29, 1.82) is 0 Å². The van der Waals surface area contributed by atoms with Crippen LogP contribution >= 0.6 is 0 Å². The van der Waals surface area contributed by atoms with Gasteiger partial charge in [-0.2, -0.15) is 0 Å². The summed E-state index contributed by atoms with van der Waals surface area (Å²) in [6, 6.07) is 41.1. The van der Waals surface area contributed by atoms with E-state index in [1.165, 1.54) is 0 Å². The van der Waals surface area contributed by atoms with Gasteiger partial charge in [-0.15, -0.1) is 0 Å². The standard InChI is InChI=1S/C42H28N2O3S/c45-48(46)25-32-10-9-28(33-18-34(30-5-3-15-43-23-30)20-35(19-33)31-6-4-16-44-24-31)21-40(32)37-13-11-27(17-36(37)26-48)29-12-14-39-38-7-1-2-8-41(38)47-42(39)22-29/h1-24H,25-26H2. The van der Waals surface area contributed by atoms with Crippen molar-refractivity contribution in [1.82, 2.24) is 9.97 Å². The Morgan fingerprint density at radius 1 is 0.458 bits per heavy atom. The van der Waals surface area contributed by atoms with Crippen molar-refractivity contribution in [3.8, 4) is 55.6 Å². The molecule has 0 bridgehead atoms. The van der Waals surface area contributed by atoms with E-state index in [-0.39, 0.29) is 11.5 Å². The van der Waals surface area contributed by atoms with Crippen molar-refractivity contribution in [3.05, 3.63) is 157 Å². The predicted octanol–water partition coefficient (Wildman–Crippen LogP) is 10.1. The summed E-state index contributed by atoms with van der Waals surface area (Å²) in [5.74, 6) is -0.0249. The molecule has 0 N–H and O–H groups in total. The molecule has 0 radical (unpaired) electrons. The maximum Gasteiger partial charge on any atom is 0.158 e. The molecule has 0 unspecified atom stereocenters. The highest BCUT2D eigenvalue weighted by Crippen LogP contribution is 2.41. The van der Waals surface area contributed by atoms with E-state index in [2.05, 4.69) is 76.7 Å². The SMILES string of the molecule is O=S1(=O)Cc2cc(-c3ccc4c(c3)oc3ccccc34)ccc2-c2cc(-c3cc(-c4cccnc4)cc(-c4cccnc4)c3)ccc2C1. The molecule has 5 nitrogen and oxygen atoms in total. The molecule has 5 aromatic carbocycles. The monoisotopic (exact) mass is 640 g/mol. The topological polar surface area (TPSA) is 73.1 Å². The molecule has 3 aromatic heterocycles. The molecule has 0 amide bonds. The normalized spacial score (nSPS) is 13.6. The lowest BCUT2D eigenvalue weighted by Crippen LogP contribution is -2.05. The van der Waals surface area contributed by atoms with Crippen LogP contribution in [0, 0.1) is 0 Å². The molecule has 230 valence electrons. The van der Waals surface area contributed by atoms with Gasteiger partial charge in [-0.3, -0.25) is 9.97 Å². The fraction of sp³-hybridized carbons (Fsp3) is 0.0476. The number of pyridine rings is 2. The highest BCUT2D eigenvalue weighted by molar-refractivity contribution is 7.89. The van der Waals surface area contributed by atoms with Crippen molar-refractivity contribution in [2.45, 2.75) is 11.5 Å². The molecule has 0 spiro atoms.